The predicted octanol–water partition coefficient (Wildman–Crippen LogP) is 4.04. The van der Waals surface area contributed by atoms with Crippen LogP contribution in [0.3, 0.4) is 0 Å². The van der Waals surface area contributed by atoms with Gasteiger partial charge in [-0.2, -0.15) is 0 Å². The number of fused-ring (bicyclic) bond motifs is 1. The van der Waals surface area contributed by atoms with Crippen molar-refractivity contribution < 1.29 is 18.3 Å². The lowest BCUT2D eigenvalue weighted by molar-refractivity contribution is 0.0531. The van der Waals surface area contributed by atoms with E-state index in [2.05, 4.69) is 9.97 Å². The van der Waals surface area contributed by atoms with Gasteiger partial charge in [-0.15, -0.1) is 23.1 Å². The molecule has 0 spiro atoms. The van der Waals surface area contributed by atoms with E-state index in [4.69, 9.17) is 4.74 Å². The monoisotopic (exact) mass is 396 g/mol. The molecule has 0 aliphatic carbocycles. The third kappa shape index (κ3) is 3.63. The Kier molecular flexibility index (Phi) is 5.38. The number of hydrogen-bond acceptors (Lipinski definition) is 6. The SMILES string of the molecule is CCOC(=O)c1sc2nc(CSc3ccc(F)cc3F)[nH]c(=O)c2c1C. The number of esters is 1. The van der Waals surface area contributed by atoms with Crippen LogP contribution in [-0.4, -0.2) is 22.5 Å². The molecule has 0 saturated carbocycles. The van der Waals surface area contributed by atoms with Crippen molar-refractivity contribution in [3.63, 3.8) is 0 Å². The highest BCUT2D eigenvalue weighted by atomic mass is 32.2. The molecule has 0 unspecified atom stereocenters. The fourth-order valence-electron chi connectivity index (χ4n) is 2.39. The Bertz CT molecular complexity index is 1050. The average Bonchev–Trinajstić information content (AvgIpc) is 2.91. The van der Waals surface area contributed by atoms with Gasteiger partial charge in [-0.25, -0.2) is 18.6 Å². The highest BCUT2D eigenvalue weighted by Gasteiger charge is 2.20. The van der Waals surface area contributed by atoms with Crippen molar-refractivity contribution in [1.29, 1.82) is 0 Å². The molecule has 0 fully saturated rings. The van der Waals surface area contributed by atoms with Crippen molar-refractivity contribution in [1.82, 2.24) is 9.97 Å². The second-order valence-electron chi connectivity index (χ2n) is 5.33. The first kappa shape index (κ1) is 18.5. The second kappa shape index (κ2) is 7.55. The van der Waals surface area contributed by atoms with Gasteiger partial charge in [0.15, 0.2) is 0 Å². The number of H-pyrrole nitrogens is 1. The summed E-state index contributed by atoms with van der Waals surface area (Å²) in [5.74, 6) is -1.28. The number of benzene rings is 1. The van der Waals surface area contributed by atoms with Crippen LogP contribution in [0.25, 0.3) is 10.2 Å². The lowest BCUT2D eigenvalue weighted by Crippen LogP contribution is -2.11. The highest BCUT2D eigenvalue weighted by molar-refractivity contribution is 7.98. The molecule has 3 rings (SSSR count). The third-order valence-electron chi connectivity index (χ3n) is 3.57. The largest absolute Gasteiger partial charge is 0.462 e. The van der Waals surface area contributed by atoms with E-state index >= 15 is 0 Å². The number of aromatic amines is 1. The maximum Gasteiger partial charge on any atom is 0.348 e. The number of thiophene rings is 1. The van der Waals surface area contributed by atoms with Crippen molar-refractivity contribution in [2.75, 3.05) is 6.61 Å². The molecule has 0 bridgehead atoms. The molecule has 3 aromatic rings. The Morgan fingerprint density at radius 2 is 2.15 bits per heavy atom. The van der Waals surface area contributed by atoms with E-state index < -0.39 is 17.6 Å². The number of aryl methyl sites for hydroxylation is 1. The Hall–Kier alpha value is -2.26. The summed E-state index contributed by atoms with van der Waals surface area (Å²) in [5, 5.41) is 0.347. The number of carbonyl (C=O) groups is 1. The number of ether oxygens (including phenoxy) is 1. The highest BCUT2D eigenvalue weighted by Crippen LogP contribution is 2.29. The van der Waals surface area contributed by atoms with Gasteiger partial charge in [0, 0.05) is 11.0 Å². The van der Waals surface area contributed by atoms with Crippen molar-refractivity contribution >= 4 is 39.3 Å². The van der Waals surface area contributed by atoms with E-state index in [1.165, 1.54) is 12.1 Å². The molecule has 1 N–H and O–H groups in total. The molecule has 0 saturated heterocycles. The molecule has 26 heavy (non-hydrogen) atoms. The molecule has 0 aliphatic heterocycles. The van der Waals surface area contributed by atoms with Gasteiger partial charge >= 0.3 is 5.97 Å². The first-order chi connectivity index (χ1) is 12.4. The van der Waals surface area contributed by atoms with Gasteiger partial charge in [-0.05, 0) is 31.5 Å². The minimum Gasteiger partial charge on any atom is -0.462 e. The van der Waals surface area contributed by atoms with E-state index in [-0.39, 0.29) is 22.8 Å². The molecular weight excluding hydrogens is 382 g/mol. The lowest BCUT2D eigenvalue weighted by Gasteiger charge is -2.03. The Morgan fingerprint density at radius 1 is 1.38 bits per heavy atom. The number of halogens is 2. The van der Waals surface area contributed by atoms with Gasteiger partial charge in [-0.3, -0.25) is 4.79 Å². The minimum atomic E-state index is -0.671. The zero-order valence-corrected chi connectivity index (χ0v) is 15.5. The maximum absolute atomic E-state index is 13.7. The first-order valence-corrected chi connectivity index (χ1v) is 9.48. The summed E-state index contributed by atoms with van der Waals surface area (Å²) in [6.07, 6.45) is 0. The molecule has 2 aromatic heterocycles. The average molecular weight is 396 g/mol. The molecule has 2 heterocycles. The first-order valence-electron chi connectivity index (χ1n) is 7.68. The van der Waals surface area contributed by atoms with Gasteiger partial charge in [-0.1, -0.05) is 0 Å². The number of nitrogens with zero attached hydrogens (tertiary/aromatic N) is 1. The molecular formula is C17H14F2N2O3S2. The summed E-state index contributed by atoms with van der Waals surface area (Å²) >= 11 is 2.18. The molecule has 1 aromatic carbocycles. The van der Waals surface area contributed by atoms with Crippen molar-refractivity contribution in [3.05, 3.63) is 56.5 Å². The van der Waals surface area contributed by atoms with Crippen LogP contribution in [0.1, 0.15) is 28.0 Å². The number of nitrogens with one attached hydrogen (secondary N) is 1. The van der Waals surface area contributed by atoms with Gasteiger partial charge in [0.2, 0.25) is 0 Å². The van der Waals surface area contributed by atoms with E-state index in [1.54, 1.807) is 13.8 Å². The quantitative estimate of drug-likeness (QED) is 0.521. The van der Waals surface area contributed by atoms with Crippen LogP contribution < -0.4 is 5.56 Å². The van der Waals surface area contributed by atoms with E-state index in [0.717, 1.165) is 29.2 Å². The second-order valence-corrected chi connectivity index (χ2v) is 7.35. The molecule has 0 atom stereocenters. The summed E-state index contributed by atoms with van der Waals surface area (Å²) in [6, 6.07) is 3.30. The fourth-order valence-corrected chi connectivity index (χ4v) is 4.27. The zero-order valence-electron chi connectivity index (χ0n) is 13.9. The molecule has 5 nitrogen and oxygen atoms in total. The third-order valence-corrected chi connectivity index (χ3v) is 5.79. The van der Waals surface area contributed by atoms with Crippen LogP contribution in [0.4, 0.5) is 8.78 Å². The number of aromatic nitrogens is 2. The van der Waals surface area contributed by atoms with Gasteiger partial charge < -0.3 is 9.72 Å². The maximum atomic E-state index is 13.7. The van der Waals surface area contributed by atoms with Crippen LogP contribution in [-0.2, 0) is 10.5 Å². The van der Waals surface area contributed by atoms with Crippen LogP contribution in [0.5, 0.6) is 0 Å². The van der Waals surface area contributed by atoms with E-state index in [1.807, 2.05) is 0 Å². The number of carbonyl (C=O) groups excluding carboxylic acids is 1. The number of hydrogen-bond donors (Lipinski definition) is 1. The van der Waals surface area contributed by atoms with Crippen molar-refractivity contribution in [3.8, 4) is 0 Å². The molecule has 0 amide bonds. The summed E-state index contributed by atoms with van der Waals surface area (Å²) in [7, 11) is 0. The predicted molar refractivity (Wildman–Crippen MR) is 96.9 cm³/mol. The van der Waals surface area contributed by atoms with Crippen molar-refractivity contribution in [2.45, 2.75) is 24.5 Å². The van der Waals surface area contributed by atoms with Crippen LogP contribution >= 0.6 is 23.1 Å². The van der Waals surface area contributed by atoms with Gasteiger partial charge in [0.1, 0.15) is 27.2 Å². The lowest BCUT2D eigenvalue weighted by atomic mass is 10.2. The molecule has 136 valence electrons. The summed E-state index contributed by atoms with van der Waals surface area (Å²) in [6.45, 7) is 3.61. The van der Waals surface area contributed by atoms with E-state index in [9.17, 15) is 18.4 Å². The summed E-state index contributed by atoms with van der Waals surface area (Å²) in [5.41, 5.74) is 0.162. The standard InChI is InChI=1S/C17H14F2N2O3S2/c1-3-24-17(23)14-8(2)13-15(22)20-12(21-16(13)26-14)7-25-11-5-4-9(18)6-10(11)19/h4-6H,3,7H2,1-2H3,(H,20,21,22). The van der Waals surface area contributed by atoms with E-state index in [0.29, 0.717) is 26.5 Å². The Balaban J connectivity index is 1.91. The topological polar surface area (TPSA) is 72.0 Å². The van der Waals surface area contributed by atoms with Gasteiger partial charge in [0.25, 0.3) is 5.56 Å². The summed E-state index contributed by atoms with van der Waals surface area (Å²) < 4.78 is 31.6. The normalized spacial score (nSPS) is 11.1. The van der Waals surface area contributed by atoms with Crippen LogP contribution in [0.2, 0.25) is 0 Å². The zero-order chi connectivity index (χ0) is 18.8. The molecule has 0 aliphatic rings. The number of rotatable bonds is 5. The van der Waals surface area contributed by atoms with Crippen molar-refractivity contribution in [2.24, 2.45) is 0 Å². The number of thioether (sulfide) groups is 1. The molecule has 9 heteroatoms. The van der Waals surface area contributed by atoms with Gasteiger partial charge in [0.05, 0.1) is 17.7 Å². The molecule has 0 radical (unpaired) electrons. The van der Waals surface area contributed by atoms with Crippen LogP contribution in [0, 0.1) is 18.6 Å². The Morgan fingerprint density at radius 3 is 2.85 bits per heavy atom. The summed E-state index contributed by atoms with van der Waals surface area (Å²) in [4.78, 5) is 32.4. The smallest absolute Gasteiger partial charge is 0.348 e. The Labute approximate surface area is 155 Å². The fraction of sp³-hybridized carbons (Fsp3) is 0.235. The van der Waals surface area contributed by atoms with Crippen LogP contribution in [0.15, 0.2) is 27.9 Å². The minimum absolute atomic E-state index is 0.194.